The molecule has 1 aromatic carbocycles. The second-order valence-corrected chi connectivity index (χ2v) is 9.33. The highest BCUT2D eigenvalue weighted by Crippen LogP contribution is 2.59. The van der Waals surface area contributed by atoms with Crippen molar-refractivity contribution in [3.8, 4) is 5.75 Å². The van der Waals surface area contributed by atoms with Gasteiger partial charge in [-0.3, -0.25) is 9.59 Å². The lowest BCUT2D eigenvalue weighted by atomic mass is 9.59. The van der Waals surface area contributed by atoms with Crippen LogP contribution >= 0.6 is 11.8 Å². The van der Waals surface area contributed by atoms with Crippen LogP contribution in [0.5, 0.6) is 5.75 Å². The van der Waals surface area contributed by atoms with E-state index in [9.17, 15) is 9.59 Å². The summed E-state index contributed by atoms with van der Waals surface area (Å²) in [4.78, 5) is 23.1. The molecule has 0 unspecified atom stereocenters. The third-order valence-electron chi connectivity index (χ3n) is 6.30. The molecule has 3 nitrogen and oxygen atoms in total. The van der Waals surface area contributed by atoms with E-state index in [0.29, 0.717) is 28.6 Å². The average Bonchev–Trinajstić information content (AvgIpc) is 2.52. The minimum absolute atomic E-state index is 0.145. The van der Waals surface area contributed by atoms with E-state index in [1.165, 1.54) is 24.5 Å². The van der Waals surface area contributed by atoms with Crippen molar-refractivity contribution in [3.63, 3.8) is 0 Å². The molecule has 128 valence electrons. The number of hydrogen-bond acceptors (Lipinski definition) is 4. The number of hydrogen-bond donors (Lipinski definition) is 0. The Hall–Kier alpha value is -1.29. The van der Waals surface area contributed by atoms with Crippen molar-refractivity contribution in [2.45, 2.75) is 63.0 Å². The minimum Gasteiger partial charge on any atom is -0.427 e. The van der Waals surface area contributed by atoms with Crippen molar-refractivity contribution in [3.05, 3.63) is 29.3 Å². The molecule has 2 fully saturated rings. The Bertz CT molecular complexity index is 698. The van der Waals surface area contributed by atoms with Crippen LogP contribution in [-0.4, -0.2) is 15.8 Å². The second-order valence-electron chi connectivity index (χ2n) is 7.73. The fraction of sp³-hybridized carbons (Fsp3) is 0.600. The van der Waals surface area contributed by atoms with Crippen LogP contribution in [-0.2, 0) is 16.0 Å². The second kappa shape index (κ2) is 5.91. The Morgan fingerprint density at radius 2 is 2.08 bits per heavy atom. The Labute approximate surface area is 147 Å². The van der Waals surface area contributed by atoms with Gasteiger partial charge in [0.05, 0.1) is 0 Å². The van der Waals surface area contributed by atoms with Gasteiger partial charge in [0, 0.05) is 18.1 Å². The van der Waals surface area contributed by atoms with Gasteiger partial charge in [0.15, 0.2) is 5.12 Å². The average molecular weight is 344 g/mol. The molecule has 0 bridgehead atoms. The van der Waals surface area contributed by atoms with Crippen LogP contribution in [0.3, 0.4) is 0 Å². The molecule has 24 heavy (non-hydrogen) atoms. The molecule has 0 spiro atoms. The van der Waals surface area contributed by atoms with E-state index in [1.54, 1.807) is 11.8 Å². The number of esters is 1. The lowest BCUT2D eigenvalue weighted by Crippen LogP contribution is -2.47. The summed E-state index contributed by atoms with van der Waals surface area (Å²) >= 11 is 1.62. The summed E-state index contributed by atoms with van der Waals surface area (Å²) in [6.07, 6.45) is 6.34. The van der Waals surface area contributed by atoms with Crippen molar-refractivity contribution < 1.29 is 14.3 Å². The van der Waals surface area contributed by atoms with Crippen molar-refractivity contribution in [2.24, 2.45) is 11.8 Å². The summed E-state index contributed by atoms with van der Waals surface area (Å²) in [5, 5.41) is 0.384. The number of benzene rings is 1. The van der Waals surface area contributed by atoms with Gasteiger partial charge < -0.3 is 4.74 Å². The number of carbonyl (C=O) groups is 2. The van der Waals surface area contributed by atoms with Gasteiger partial charge in [-0.1, -0.05) is 17.8 Å². The molecule has 2 aliphatic carbocycles. The molecule has 1 saturated heterocycles. The fourth-order valence-corrected chi connectivity index (χ4v) is 6.71. The summed E-state index contributed by atoms with van der Waals surface area (Å²) in [6, 6.07) is 6.17. The Morgan fingerprint density at radius 3 is 2.88 bits per heavy atom. The normalized spacial score (nSPS) is 34.8. The van der Waals surface area contributed by atoms with Crippen LogP contribution in [0.25, 0.3) is 0 Å². The smallest absolute Gasteiger partial charge is 0.308 e. The third kappa shape index (κ3) is 2.69. The molecule has 4 atom stereocenters. The zero-order valence-electron chi connectivity index (χ0n) is 14.3. The third-order valence-corrected chi connectivity index (χ3v) is 7.70. The summed E-state index contributed by atoms with van der Waals surface area (Å²) in [5.41, 5.74) is 2.80. The van der Waals surface area contributed by atoms with Crippen molar-refractivity contribution in [1.82, 2.24) is 0 Å². The van der Waals surface area contributed by atoms with E-state index in [4.69, 9.17) is 4.74 Å². The molecule has 4 heteroatoms. The topological polar surface area (TPSA) is 43.4 Å². The van der Waals surface area contributed by atoms with Gasteiger partial charge in [0.25, 0.3) is 0 Å². The van der Waals surface area contributed by atoms with Gasteiger partial charge >= 0.3 is 5.97 Å². The van der Waals surface area contributed by atoms with Crippen molar-refractivity contribution in [2.75, 3.05) is 0 Å². The molecule has 0 amide bonds. The lowest BCUT2D eigenvalue weighted by molar-refractivity contribution is -0.131. The summed E-state index contributed by atoms with van der Waals surface area (Å²) in [6.45, 7) is 3.76. The maximum absolute atomic E-state index is 11.9. The highest BCUT2D eigenvalue weighted by Gasteiger charge is 2.51. The maximum atomic E-state index is 11.9. The monoisotopic (exact) mass is 344 g/mol. The van der Waals surface area contributed by atoms with E-state index in [1.807, 2.05) is 6.07 Å². The molecular formula is C20H24O3S. The summed E-state index contributed by atoms with van der Waals surface area (Å²) in [5.74, 6) is 2.35. The van der Waals surface area contributed by atoms with Crippen LogP contribution in [0.2, 0.25) is 0 Å². The molecule has 0 radical (unpaired) electrons. The van der Waals surface area contributed by atoms with E-state index < -0.39 is 0 Å². The number of fused-ring (bicyclic) bond motifs is 5. The highest BCUT2D eigenvalue weighted by atomic mass is 32.2. The van der Waals surface area contributed by atoms with Gasteiger partial charge in [-0.25, -0.2) is 0 Å². The van der Waals surface area contributed by atoms with Crippen LogP contribution in [0.4, 0.5) is 0 Å². The van der Waals surface area contributed by atoms with Crippen LogP contribution in [0.1, 0.15) is 63.0 Å². The molecule has 0 N–H and O–H groups in total. The largest absolute Gasteiger partial charge is 0.427 e. The molecule has 0 aromatic heterocycles. The predicted molar refractivity (Wildman–Crippen MR) is 95.3 cm³/mol. The number of aryl methyl sites for hydroxylation is 1. The first kappa shape index (κ1) is 16.2. The number of ether oxygens (including phenoxy) is 1. The number of rotatable bonds is 1. The van der Waals surface area contributed by atoms with Gasteiger partial charge in [0.2, 0.25) is 0 Å². The van der Waals surface area contributed by atoms with Crippen LogP contribution in [0, 0.1) is 11.8 Å². The highest BCUT2D eigenvalue weighted by molar-refractivity contribution is 8.14. The Morgan fingerprint density at radius 1 is 1.25 bits per heavy atom. The molecule has 1 aliphatic heterocycles. The molecule has 4 rings (SSSR count). The summed E-state index contributed by atoms with van der Waals surface area (Å²) in [7, 11) is 0. The lowest BCUT2D eigenvalue weighted by Gasteiger charge is -2.53. The molecule has 1 heterocycles. The standard InChI is InChI=1S/C20H24O3S/c1-12(21)23-14-4-6-15-13(11-14)3-5-17-16(15)9-10-20(2)18(17)7-8-19(22)24-20/h4,6,11,16-18H,3,5,7-10H2,1-2H3/t16-,17-,18+,20+/m1/s1. The van der Waals surface area contributed by atoms with E-state index in [2.05, 4.69) is 19.1 Å². The van der Waals surface area contributed by atoms with Crippen molar-refractivity contribution in [1.29, 1.82) is 0 Å². The van der Waals surface area contributed by atoms with Crippen LogP contribution < -0.4 is 4.74 Å². The summed E-state index contributed by atoms with van der Waals surface area (Å²) < 4.78 is 5.39. The molecule has 1 aromatic rings. The predicted octanol–water partition coefficient (Wildman–Crippen LogP) is 4.48. The zero-order valence-corrected chi connectivity index (χ0v) is 15.2. The van der Waals surface area contributed by atoms with E-state index in [0.717, 1.165) is 32.1 Å². The first-order chi connectivity index (χ1) is 11.5. The Kier molecular flexibility index (Phi) is 3.98. The molecule has 1 saturated carbocycles. The SMILES string of the molecule is CC(=O)Oc1ccc2c(c1)CC[C@@H]1[C@@H]2CC[C@]2(C)SC(=O)CC[C@@H]12. The Balaban J connectivity index is 1.62. The van der Waals surface area contributed by atoms with E-state index >= 15 is 0 Å². The van der Waals surface area contributed by atoms with Gasteiger partial charge in [-0.15, -0.1) is 0 Å². The van der Waals surface area contributed by atoms with Gasteiger partial charge in [0.1, 0.15) is 5.75 Å². The first-order valence-electron chi connectivity index (χ1n) is 8.99. The quantitative estimate of drug-likeness (QED) is 0.556. The fourth-order valence-electron chi connectivity index (χ4n) is 5.31. The first-order valence-corrected chi connectivity index (χ1v) is 9.81. The van der Waals surface area contributed by atoms with E-state index in [-0.39, 0.29) is 10.7 Å². The maximum Gasteiger partial charge on any atom is 0.308 e. The molecular weight excluding hydrogens is 320 g/mol. The number of thioether (sulfide) groups is 1. The zero-order chi connectivity index (χ0) is 16.9. The van der Waals surface area contributed by atoms with Crippen molar-refractivity contribution >= 4 is 22.8 Å². The minimum atomic E-state index is -0.263. The molecule has 3 aliphatic rings. The number of carbonyl (C=O) groups excluding carboxylic acids is 2. The van der Waals surface area contributed by atoms with Gasteiger partial charge in [-0.05, 0) is 80.0 Å². The van der Waals surface area contributed by atoms with Gasteiger partial charge in [-0.2, -0.15) is 0 Å². The van der Waals surface area contributed by atoms with Crippen LogP contribution in [0.15, 0.2) is 18.2 Å².